The minimum atomic E-state index is -0.477. The van der Waals surface area contributed by atoms with Crippen LogP contribution in [0.1, 0.15) is 38.2 Å². The van der Waals surface area contributed by atoms with Crippen molar-refractivity contribution in [2.45, 2.75) is 45.1 Å². The van der Waals surface area contributed by atoms with E-state index >= 15 is 0 Å². The van der Waals surface area contributed by atoms with Crippen LogP contribution in [0.4, 0.5) is 14.5 Å². The molecule has 0 radical (unpaired) electrons. The molecular formula is C16H24F2N2. The minimum Gasteiger partial charge on any atom is -0.367 e. The van der Waals surface area contributed by atoms with E-state index < -0.39 is 11.6 Å². The summed E-state index contributed by atoms with van der Waals surface area (Å²) >= 11 is 0. The molecule has 0 atom stereocenters. The predicted molar refractivity (Wildman–Crippen MR) is 78.9 cm³/mol. The first-order valence-corrected chi connectivity index (χ1v) is 7.43. The van der Waals surface area contributed by atoms with Gasteiger partial charge in [0.1, 0.15) is 17.3 Å². The second-order valence-electron chi connectivity index (χ2n) is 5.97. The van der Waals surface area contributed by atoms with Crippen LogP contribution in [0.15, 0.2) is 12.1 Å². The van der Waals surface area contributed by atoms with Crippen LogP contribution in [0.5, 0.6) is 0 Å². The highest BCUT2D eigenvalue weighted by Gasteiger charge is 2.25. The number of hydrogen-bond acceptors (Lipinski definition) is 2. The molecule has 1 fully saturated rings. The molecule has 2 nitrogen and oxygen atoms in total. The van der Waals surface area contributed by atoms with E-state index in [4.69, 9.17) is 5.73 Å². The van der Waals surface area contributed by atoms with Gasteiger partial charge in [-0.25, -0.2) is 8.78 Å². The summed E-state index contributed by atoms with van der Waals surface area (Å²) < 4.78 is 28.4. The van der Waals surface area contributed by atoms with Gasteiger partial charge in [-0.05, 0) is 62.3 Å². The van der Waals surface area contributed by atoms with Gasteiger partial charge in [0.2, 0.25) is 0 Å². The number of benzene rings is 1. The Bertz CT molecular complexity index is 431. The molecule has 0 bridgehead atoms. The smallest absolute Gasteiger partial charge is 0.149 e. The van der Waals surface area contributed by atoms with Gasteiger partial charge in [-0.2, -0.15) is 0 Å². The molecule has 1 aromatic rings. The average Bonchev–Trinajstić information content (AvgIpc) is 2.39. The maximum Gasteiger partial charge on any atom is 0.149 e. The van der Waals surface area contributed by atoms with E-state index in [1.54, 1.807) is 11.9 Å². The van der Waals surface area contributed by atoms with Crippen LogP contribution in [0.25, 0.3) is 0 Å². The maximum absolute atomic E-state index is 14.2. The standard InChI is InChI=1S/C16H24F2N2/c1-11-3-5-13(6-4-11)20(2)16-14(17)9-12(7-8-19)10-15(16)18/h9-11,13H,3-8,19H2,1-2H3. The Morgan fingerprint density at radius 1 is 1.15 bits per heavy atom. The highest BCUT2D eigenvalue weighted by atomic mass is 19.1. The van der Waals surface area contributed by atoms with Crippen molar-refractivity contribution < 1.29 is 8.78 Å². The Labute approximate surface area is 120 Å². The Hall–Kier alpha value is -1.16. The second-order valence-corrected chi connectivity index (χ2v) is 5.97. The quantitative estimate of drug-likeness (QED) is 0.916. The number of halogens is 2. The lowest BCUT2D eigenvalue weighted by Crippen LogP contribution is -2.36. The predicted octanol–water partition coefficient (Wildman–Crippen LogP) is 3.48. The molecule has 1 aliphatic carbocycles. The first kappa shape index (κ1) is 15.2. The molecule has 2 N–H and O–H groups in total. The van der Waals surface area contributed by atoms with Crippen molar-refractivity contribution >= 4 is 5.69 Å². The second kappa shape index (κ2) is 6.53. The van der Waals surface area contributed by atoms with Gasteiger partial charge < -0.3 is 10.6 Å². The average molecular weight is 282 g/mol. The van der Waals surface area contributed by atoms with Crippen LogP contribution in [0.2, 0.25) is 0 Å². The van der Waals surface area contributed by atoms with Gasteiger partial charge in [-0.3, -0.25) is 0 Å². The summed E-state index contributed by atoms with van der Waals surface area (Å²) in [5.74, 6) is -0.231. The van der Waals surface area contributed by atoms with Gasteiger partial charge in [0, 0.05) is 13.1 Å². The van der Waals surface area contributed by atoms with E-state index in [9.17, 15) is 8.78 Å². The first-order valence-electron chi connectivity index (χ1n) is 7.43. The third-order valence-electron chi connectivity index (χ3n) is 4.40. The summed E-state index contributed by atoms with van der Waals surface area (Å²) in [5, 5.41) is 0. The van der Waals surface area contributed by atoms with Crippen LogP contribution in [0, 0.1) is 17.6 Å². The third kappa shape index (κ3) is 3.29. The summed E-state index contributed by atoms with van der Waals surface area (Å²) in [7, 11) is 1.80. The fourth-order valence-corrected chi connectivity index (χ4v) is 3.08. The van der Waals surface area contributed by atoms with Gasteiger partial charge in [-0.1, -0.05) is 6.92 Å². The van der Waals surface area contributed by atoms with Crippen molar-refractivity contribution in [2.24, 2.45) is 11.7 Å². The van der Waals surface area contributed by atoms with E-state index in [2.05, 4.69) is 6.92 Å². The topological polar surface area (TPSA) is 29.3 Å². The number of hydrogen-bond donors (Lipinski definition) is 1. The molecule has 20 heavy (non-hydrogen) atoms. The normalized spacial score (nSPS) is 22.9. The van der Waals surface area contributed by atoms with Gasteiger partial charge in [0.15, 0.2) is 0 Å². The zero-order chi connectivity index (χ0) is 14.7. The van der Waals surface area contributed by atoms with Crippen molar-refractivity contribution in [2.75, 3.05) is 18.5 Å². The SMILES string of the molecule is CC1CCC(N(C)c2c(F)cc(CCN)cc2F)CC1. The van der Waals surface area contributed by atoms with Crippen LogP contribution < -0.4 is 10.6 Å². The Morgan fingerprint density at radius 3 is 2.20 bits per heavy atom. The number of nitrogens with zero attached hydrogens (tertiary/aromatic N) is 1. The monoisotopic (exact) mass is 282 g/mol. The van der Waals surface area contributed by atoms with Gasteiger partial charge >= 0.3 is 0 Å². The summed E-state index contributed by atoms with van der Waals surface area (Å²) in [5.41, 5.74) is 6.16. The van der Waals surface area contributed by atoms with E-state index in [-0.39, 0.29) is 11.7 Å². The molecule has 0 aromatic heterocycles. The van der Waals surface area contributed by atoms with Crippen LogP contribution >= 0.6 is 0 Å². The number of anilines is 1. The van der Waals surface area contributed by atoms with Crippen molar-refractivity contribution in [1.82, 2.24) is 0 Å². The Balaban J connectivity index is 2.19. The molecule has 1 aliphatic rings. The van der Waals surface area contributed by atoms with Crippen molar-refractivity contribution in [3.8, 4) is 0 Å². The fourth-order valence-electron chi connectivity index (χ4n) is 3.08. The molecule has 2 rings (SSSR count). The van der Waals surface area contributed by atoms with Crippen LogP contribution in [0.3, 0.4) is 0 Å². The van der Waals surface area contributed by atoms with Crippen molar-refractivity contribution in [1.29, 1.82) is 0 Å². The molecular weight excluding hydrogens is 258 g/mol. The fraction of sp³-hybridized carbons (Fsp3) is 0.625. The molecule has 0 unspecified atom stereocenters. The lowest BCUT2D eigenvalue weighted by molar-refractivity contribution is 0.338. The first-order chi connectivity index (χ1) is 9.52. The number of nitrogens with two attached hydrogens (primary N) is 1. The third-order valence-corrected chi connectivity index (χ3v) is 4.40. The Morgan fingerprint density at radius 2 is 1.70 bits per heavy atom. The van der Waals surface area contributed by atoms with Crippen LogP contribution in [-0.2, 0) is 6.42 Å². The molecule has 1 saturated carbocycles. The van der Waals surface area contributed by atoms with Gasteiger partial charge in [0.25, 0.3) is 0 Å². The summed E-state index contributed by atoms with van der Waals surface area (Å²) in [6.07, 6.45) is 4.76. The lowest BCUT2D eigenvalue weighted by atomic mass is 9.86. The highest BCUT2D eigenvalue weighted by Crippen LogP contribution is 2.32. The molecule has 0 spiro atoms. The Kier molecular flexibility index (Phi) is 4.97. The molecule has 1 aromatic carbocycles. The van der Waals surface area contributed by atoms with Gasteiger partial charge in [0.05, 0.1) is 0 Å². The number of rotatable bonds is 4. The van der Waals surface area contributed by atoms with E-state index in [1.165, 1.54) is 12.1 Å². The van der Waals surface area contributed by atoms with Crippen LogP contribution in [-0.4, -0.2) is 19.6 Å². The zero-order valence-electron chi connectivity index (χ0n) is 12.3. The molecule has 4 heteroatoms. The molecule has 112 valence electrons. The van der Waals surface area contributed by atoms with Crippen molar-refractivity contribution in [3.05, 3.63) is 29.3 Å². The molecule has 0 heterocycles. The minimum absolute atomic E-state index is 0.102. The summed E-state index contributed by atoms with van der Waals surface area (Å²) in [4.78, 5) is 1.78. The maximum atomic E-state index is 14.2. The van der Waals surface area contributed by atoms with Gasteiger partial charge in [-0.15, -0.1) is 0 Å². The molecule has 0 aliphatic heterocycles. The summed E-state index contributed by atoms with van der Waals surface area (Å²) in [6, 6.07) is 3.05. The van der Waals surface area contributed by atoms with E-state index in [0.717, 1.165) is 31.6 Å². The summed E-state index contributed by atoms with van der Waals surface area (Å²) in [6.45, 7) is 2.63. The van der Waals surface area contributed by atoms with Crippen molar-refractivity contribution in [3.63, 3.8) is 0 Å². The zero-order valence-corrected chi connectivity index (χ0v) is 12.3. The molecule has 0 amide bonds. The van der Waals surface area contributed by atoms with E-state index in [0.29, 0.717) is 18.5 Å². The largest absolute Gasteiger partial charge is 0.367 e. The van der Waals surface area contributed by atoms with E-state index in [1.807, 2.05) is 0 Å². The molecule has 0 saturated heterocycles. The lowest BCUT2D eigenvalue weighted by Gasteiger charge is -2.35. The highest BCUT2D eigenvalue weighted by molar-refractivity contribution is 5.51.